The Bertz CT molecular complexity index is 360. The minimum Gasteiger partial charge on any atom is -0.349 e. The van der Waals surface area contributed by atoms with Crippen LogP contribution in [0.5, 0.6) is 0 Å². The SMILES string of the molecule is O=C1CC[C@@H](C(=O)NCc2cnc[nH]2)N1. The van der Waals surface area contributed by atoms with Gasteiger partial charge in [0.25, 0.3) is 0 Å². The lowest BCUT2D eigenvalue weighted by Crippen LogP contribution is -2.41. The van der Waals surface area contributed by atoms with E-state index in [4.69, 9.17) is 0 Å². The lowest BCUT2D eigenvalue weighted by molar-refractivity contribution is -0.125. The Kier molecular flexibility index (Phi) is 2.66. The van der Waals surface area contributed by atoms with E-state index in [0.717, 1.165) is 5.69 Å². The van der Waals surface area contributed by atoms with E-state index in [2.05, 4.69) is 20.6 Å². The van der Waals surface area contributed by atoms with Gasteiger partial charge in [0.1, 0.15) is 6.04 Å². The Morgan fingerprint density at radius 2 is 2.53 bits per heavy atom. The summed E-state index contributed by atoms with van der Waals surface area (Å²) >= 11 is 0. The molecule has 3 N–H and O–H groups in total. The minimum absolute atomic E-state index is 0.0586. The first-order valence-corrected chi connectivity index (χ1v) is 4.80. The molecule has 1 aliphatic heterocycles. The second kappa shape index (κ2) is 4.12. The number of amides is 2. The maximum absolute atomic E-state index is 11.5. The summed E-state index contributed by atoms with van der Waals surface area (Å²) in [6.07, 6.45) is 4.21. The van der Waals surface area contributed by atoms with Crippen molar-refractivity contribution in [2.45, 2.75) is 25.4 Å². The number of aromatic nitrogens is 2. The summed E-state index contributed by atoms with van der Waals surface area (Å²) in [6.45, 7) is 0.408. The summed E-state index contributed by atoms with van der Waals surface area (Å²) in [7, 11) is 0. The molecule has 1 aromatic rings. The molecule has 0 aromatic carbocycles. The third-order valence-corrected chi connectivity index (χ3v) is 2.32. The summed E-state index contributed by atoms with van der Waals surface area (Å²) in [4.78, 5) is 29.1. The molecule has 2 heterocycles. The van der Waals surface area contributed by atoms with E-state index in [1.54, 1.807) is 12.5 Å². The third-order valence-electron chi connectivity index (χ3n) is 2.32. The van der Waals surface area contributed by atoms with Crippen LogP contribution in [0.4, 0.5) is 0 Å². The van der Waals surface area contributed by atoms with Crippen LogP contribution in [0.15, 0.2) is 12.5 Å². The summed E-state index contributed by atoms with van der Waals surface area (Å²) in [5, 5.41) is 5.33. The van der Waals surface area contributed by atoms with Crippen molar-refractivity contribution in [3.63, 3.8) is 0 Å². The number of nitrogens with zero attached hydrogens (tertiary/aromatic N) is 1. The molecule has 0 spiro atoms. The van der Waals surface area contributed by atoms with E-state index in [0.29, 0.717) is 19.4 Å². The first-order valence-electron chi connectivity index (χ1n) is 4.80. The maximum atomic E-state index is 11.5. The zero-order valence-corrected chi connectivity index (χ0v) is 8.12. The predicted molar refractivity (Wildman–Crippen MR) is 51.6 cm³/mol. The summed E-state index contributed by atoms with van der Waals surface area (Å²) < 4.78 is 0. The number of imidazole rings is 1. The topological polar surface area (TPSA) is 86.9 Å². The number of rotatable bonds is 3. The first-order chi connectivity index (χ1) is 7.25. The van der Waals surface area contributed by atoms with Crippen LogP contribution in [0.25, 0.3) is 0 Å². The van der Waals surface area contributed by atoms with Gasteiger partial charge in [-0.25, -0.2) is 4.98 Å². The number of H-pyrrole nitrogens is 1. The van der Waals surface area contributed by atoms with Gasteiger partial charge in [-0.05, 0) is 6.42 Å². The van der Waals surface area contributed by atoms with Crippen molar-refractivity contribution in [3.8, 4) is 0 Å². The van der Waals surface area contributed by atoms with Crippen LogP contribution in [-0.2, 0) is 16.1 Å². The molecule has 1 aromatic heterocycles. The van der Waals surface area contributed by atoms with E-state index >= 15 is 0 Å². The van der Waals surface area contributed by atoms with Gasteiger partial charge < -0.3 is 15.6 Å². The molecule has 1 aliphatic rings. The highest BCUT2D eigenvalue weighted by Gasteiger charge is 2.26. The molecule has 2 rings (SSSR count). The first kappa shape index (κ1) is 9.70. The van der Waals surface area contributed by atoms with Gasteiger partial charge in [-0.1, -0.05) is 0 Å². The smallest absolute Gasteiger partial charge is 0.242 e. The molecule has 0 radical (unpaired) electrons. The van der Waals surface area contributed by atoms with Crippen LogP contribution in [0.2, 0.25) is 0 Å². The van der Waals surface area contributed by atoms with E-state index < -0.39 is 0 Å². The second-order valence-corrected chi connectivity index (χ2v) is 3.45. The molecule has 15 heavy (non-hydrogen) atoms. The van der Waals surface area contributed by atoms with E-state index in [-0.39, 0.29) is 17.9 Å². The van der Waals surface area contributed by atoms with Gasteiger partial charge in [-0.3, -0.25) is 9.59 Å². The fourth-order valence-corrected chi connectivity index (χ4v) is 1.50. The van der Waals surface area contributed by atoms with Crippen LogP contribution < -0.4 is 10.6 Å². The number of nitrogens with one attached hydrogen (secondary N) is 3. The van der Waals surface area contributed by atoms with Gasteiger partial charge in [-0.15, -0.1) is 0 Å². The quantitative estimate of drug-likeness (QED) is 0.614. The lowest BCUT2D eigenvalue weighted by Gasteiger charge is -2.09. The molecule has 6 nitrogen and oxygen atoms in total. The largest absolute Gasteiger partial charge is 0.349 e. The van der Waals surface area contributed by atoms with Crippen molar-refractivity contribution >= 4 is 11.8 Å². The molecular formula is C9H12N4O2. The Morgan fingerprint density at radius 1 is 1.67 bits per heavy atom. The van der Waals surface area contributed by atoms with Crippen molar-refractivity contribution < 1.29 is 9.59 Å². The standard InChI is InChI=1S/C9H12N4O2/c14-8-2-1-7(13-8)9(15)11-4-6-3-10-5-12-6/h3,5,7H,1-2,4H2,(H,10,12)(H,11,15)(H,13,14)/t7-/m0/s1. The Labute approximate surface area is 86.5 Å². The molecule has 0 unspecified atom stereocenters. The van der Waals surface area contributed by atoms with Crippen LogP contribution in [0.3, 0.4) is 0 Å². The van der Waals surface area contributed by atoms with E-state index in [9.17, 15) is 9.59 Å². The van der Waals surface area contributed by atoms with E-state index in [1.165, 1.54) is 0 Å². The van der Waals surface area contributed by atoms with Crippen molar-refractivity contribution in [2.75, 3.05) is 0 Å². The average molecular weight is 208 g/mol. The van der Waals surface area contributed by atoms with Gasteiger partial charge >= 0.3 is 0 Å². The summed E-state index contributed by atoms with van der Waals surface area (Å²) in [5.74, 6) is -0.202. The maximum Gasteiger partial charge on any atom is 0.242 e. The van der Waals surface area contributed by atoms with Crippen LogP contribution >= 0.6 is 0 Å². The zero-order valence-electron chi connectivity index (χ0n) is 8.12. The molecule has 80 valence electrons. The Hall–Kier alpha value is -1.85. The molecule has 0 bridgehead atoms. The van der Waals surface area contributed by atoms with Crippen molar-refractivity contribution in [2.24, 2.45) is 0 Å². The van der Waals surface area contributed by atoms with Gasteiger partial charge in [0, 0.05) is 12.6 Å². The monoisotopic (exact) mass is 208 g/mol. The summed E-state index contributed by atoms with van der Waals surface area (Å²) in [5.41, 5.74) is 0.840. The third kappa shape index (κ3) is 2.34. The Balaban J connectivity index is 1.80. The van der Waals surface area contributed by atoms with Crippen LogP contribution in [0.1, 0.15) is 18.5 Å². The molecular weight excluding hydrogens is 196 g/mol. The second-order valence-electron chi connectivity index (χ2n) is 3.45. The molecule has 1 fully saturated rings. The van der Waals surface area contributed by atoms with Gasteiger partial charge in [0.2, 0.25) is 11.8 Å². The molecule has 0 saturated carbocycles. The molecule has 1 atom stereocenters. The predicted octanol–water partition coefficient (Wildman–Crippen LogP) is -0.696. The van der Waals surface area contributed by atoms with Gasteiger partial charge in [0.15, 0.2) is 0 Å². The highest BCUT2D eigenvalue weighted by molar-refractivity contribution is 5.90. The van der Waals surface area contributed by atoms with E-state index in [1.807, 2.05) is 0 Å². The average Bonchev–Trinajstić information content (AvgIpc) is 2.84. The lowest BCUT2D eigenvalue weighted by atomic mass is 10.2. The fourth-order valence-electron chi connectivity index (χ4n) is 1.50. The molecule has 0 aliphatic carbocycles. The van der Waals surface area contributed by atoms with Crippen LogP contribution in [-0.4, -0.2) is 27.8 Å². The van der Waals surface area contributed by atoms with Crippen molar-refractivity contribution in [1.29, 1.82) is 0 Å². The molecule has 1 saturated heterocycles. The fraction of sp³-hybridized carbons (Fsp3) is 0.444. The highest BCUT2D eigenvalue weighted by atomic mass is 16.2. The zero-order chi connectivity index (χ0) is 10.7. The number of hydrogen-bond acceptors (Lipinski definition) is 3. The molecule has 6 heteroatoms. The van der Waals surface area contributed by atoms with Crippen LogP contribution in [0, 0.1) is 0 Å². The minimum atomic E-state index is -0.375. The Morgan fingerprint density at radius 3 is 3.13 bits per heavy atom. The number of carbonyl (C=O) groups excluding carboxylic acids is 2. The normalized spacial score (nSPS) is 20.0. The number of hydrogen-bond donors (Lipinski definition) is 3. The highest BCUT2D eigenvalue weighted by Crippen LogP contribution is 2.06. The number of carbonyl (C=O) groups is 2. The van der Waals surface area contributed by atoms with Gasteiger partial charge in [-0.2, -0.15) is 0 Å². The van der Waals surface area contributed by atoms with Gasteiger partial charge in [0.05, 0.1) is 18.6 Å². The molecule has 2 amide bonds. The number of aromatic amines is 1. The summed E-state index contributed by atoms with van der Waals surface area (Å²) in [6, 6.07) is -0.375. The van der Waals surface area contributed by atoms with Crippen molar-refractivity contribution in [1.82, 2.24) is 20.6 Å². The van der Waals surface area contributed by atoms with Crippen molar-refractivity contribution in [3.05, 3.63) is 18.2 Å².